The number of amides is 2. The molecule has 2 fully saturated rings. The highest BCUT2D eigenvalue weighted by Gasteiger charge is 2.45. The van der Waals surface area contributed by atoms with Gasteiger partial charge in [0, 0.05) is 13.1 Å². The number of piperazine rings is 1. The maximum Gasteiger partial charge on any atom is 0.418 e. The van der Waals surface area contributed by atoms with Crippen LogP contribution in [0.15, 0.2) is 0 Å². The fourth-order valence-electron chi connectivity index (χ4n) is 1.91. The summed E-state index contributed by atoms with van der Waals surface area (Å²) in [5, 5.41) is 0. The number of nitrogens with zero attached hydrogens (tertiary/aromatic N) is 2. The number of ether oxygens (including phenoxy) is 2. The van der Waals surface area contributed by atoms with Crippen molar-refractivity contribution in [1.29, 1.82) is 0 Å². The summed E-state index contributed by atoms with van der Waals surface area (Å²) in [6.45, 7) is 6.07. The molecule has 2 heterocycles. The Morgan fingerprint density at radius 1 is 1.33 bits per heavy atom. The molecule has 0 saturated carbocycles. The van der Waals surface area contributed by atoms with E-state index in [9.17, 15) is 14.4 Å². The highest BCUT2D eigenvalue weighted by Crippen LogP contribution is 2.20. The molecule has 0 radical (unpaired) electrons. The lowest BCUT2D eigenvalue weighted by atomic mass is 10.2. The standard InChI is InChI=1S/C11H16N2O5/c1-11(2,3)18-9(15)12-4-5-13-7(6-12)8(14)17-10(13)16/h7H,4-6H2,1-3H3/t7-/m1/s1. The van der Waals surface area contributed by atoms with Gasteiger partial charge in [-0.15, -0.1) is 0 Å². The van der Waals surface area contributed by atoms with E-state index in [-0.39, 0.29) is 13.1 Å². The smallest absolute Gasteiger partial charge is 0.418 e. The van der Waals surface area contributed by atoms with Crippen LogP contribution in [-0.2, 0) is 14.3 Å². The average Bonchev–Trinajstić information content (AvgIpc) is 2.52. The van der Waals surface area contributed by atoms with Gasteiger partial charge in [0.15, 0.2) is 6.04 Å². The van der Waals surface area contributed by atoms with E-state index in [0.717, 1.165) is 0 Å². The molecule has 2 saturated heterocycles. The number of hydrogen-bond acceptors (Lipinski definition) is 5. The van der Waals surface area contributed by atoms with Gasteiger partial charge in [0.1, 0.15) is 5.60 Å². The predicted molar refractivity (Wildman–Crippen MR) is 59.8 cm³/mol. The molecule has 0 N–H and O–H groups in total. The molecule has 100 valence electrons. The van der Waals surface area contributed by atoms with Crippen molar-refractivity contribution in [2.45, 2.75) is 32.4 Å². The van der Waals surface area contributed by atoms with Gasteiger partial charge < -0.3 is 14.4 Å². The van der Waals surface area contributed by atoms with Crippen LogP contribution >= 0.6 is 0 Å². The Morgan fingerprint density at radius 2 is 2.00 bits per heavy atom. The first-order chi connectivity index (χ1) is 8.28. The molecule has 7 heteroatoms. The van der Waals surface area contributed by atoms with Gasteiger partial charge in [-0.05, 0) is 20.8 Å². The molecule has 0 aromatic rings. The molecule has 7 nitrogen and oxygen atoms in total. The van der Waals surface area contributed by atoms with Crippen LogP contribution in [0.5, 0.6) is 0 Å². The number of esters is 1. The lowest BCUT2D eigenvalue weighted by Gasteiger charge is -2.35. The van der Waals surface area contributed by atoms with Gasteiger partial charge in [-0.1, -0.05) is 0 Å². The summed E-state index contributed by atoms with van der Waals surface area (Å²) >= 11 is 0. The molecular formula is C11H16N2O5. The Labute approximate surface area is 105 Å². The lowest BCUT2D eigenvalue weighted by Crippen LogP contribution is -2.55. The van der Waals surface area contributed by atoms with Gasteiger partial charge in [0.2, 0.25) is 0 Å². The molecule has 18 heavy (non-hydrogen) atoms. The van der Waals surface area contributed by atoms with Crippen molar-refractivity contribution < 1.29 is 23.9 Å². The Kier molecular flexibility index (Phi) is 2.92. The van der Waals surface area contributed by atoms with Crippen LogP contribution in [0.3, 0.4) is 0 Å². The molecule has 2 aliphatic heterocycles. The van der Waals surface area contributed by atoms with Crippen LogP contribution in [0, 0.1) is 0 Å². The van der Waals surface area contributed by atoms with Crippen molar-refractivity contribution in [2.75, 3.05) is 19.6 Å². The number of rotatable bonds is 0. The Hall–Kier alpha value is -1.79. The van der Waals surface area contributed by atoms with Crippen molar-refractivity contribution in [3.05, 3.63) is 0 Å². The molecule has 2 rings (SSSR count). The zero-order valence-corrected chi connectivity index (χ0v) is 10.6. The van der Waals surface area contributed by atoms with Gasteiger partial charge in [0.05, 0.1) is 6.54 Å². The van der Waals surface area contributed by atoms with Gasteiger partial charge in [0.25, 0.3) is 0 Å². The molecule has 0 aromatic heterocycles. The van der Waals surface area contributed by atoms with E-state index in [1.807, 2.05) is 0 Å². The van der Waals surface area contributed by atoms with Crippen LogP contribution < -0.4 is 0 Å². The SMILES string of the molecule is CC(C)(C)OC(=O)N1CCN2C(=O)OC(=O)[C@H]2C1. The topological polar surface area (TPSA) is 76.2 Å². The summed E-state index contributed by atoms with van der Waals surface area (Å²) in [7, 11) is 0. The van der Waals surface area contributed by atoms with Crippen LogP contribution in [0.2, 0.25) is 0 Å². The summed E-state index contributed by atoms with van der Waals surface area (Å²) in [4.78, 5) is 37.3. The van der Waals surface area contributed by atoms with Crippen molar-refractivity contribution in [3.8, 4) is 0 Å². The van der Waals surface area contributed by atoms with Crippen LogP contribution in [0.25, 0.3) is 0 Å². The van der Waals surface area contributed by atoms with E-state index in [0.29, 0.717) is 6.54 Å². The molecule has 0 unspecified atom stereocenters. The first kappa shape index (κ1) is 12.7. The normalized spacial score (nSPS) is 23.8. The summed E-state index contributed by atoms with van der Waals surface area (Å²) in [6.07, 6.45) is -1.11. The third-order valence-electron chi connectivity index (χ3n) is 2.73. The van der Waals surface area contributed by atoms with E-state index in [1.165, 1.54) is 9.80 Å². The van der Waals surface area contributed by atoms with Crippen LogP contribution in [0.4, 0.5) is 9.59 Å². The molecular weight excluding hydrogens is 240 g/mol. The number of hydrogen-bond donors (Lipinski definition) is 0. The van der Waals surface area contributed by atoms with E-state index < -0.39 is 29.8 Å². The van der Waals surface area contributed by atoms with Gasteiger partial charge in [-0.2, -0.15) is 0 Å². The summed E-state index contributed by atoms with van der Waals surface area (Å²) in [5.41, 5.74) is -0.583. The first-order valence-corrected chi connectivity index (χ1v) is 5.78. The minimum atomic E-state index is -0.696. The second-order valence-corrected chi connectivity index (χ2v) is 5.32. The summed E-state index contributed by atoms with van der Waals surface area (Å²) in [5.74, 6) is -0.603. The Morgan fingerprint density at radius 3 is 2.61 bits per heavy atom. The van der Waals surface area contributed by atoms with Gasteiger partial charge in [-0.25, -0.2) is 14.4 Å². The number of fused-ring (bicyclic) bond motifs is 1. The predicted octanol–water partition coefficient (Wildman–Crippen LogP) is 0.585. The summed E-state index contributed by atoms with van der Waals surface area (Å²) in [6, 6.07) is -0.696. The van der Waals surface area contributed by atoms with E-state index in [4.69, 9.17) is 4.74 Å². The quantitative estimate of drug-likeness (QED) is 0.468. The monoisotopic (exact) mass is 256 g/mol. The Bertz CT molecular complexity index is 401. The molecule has 2 aliphatic rings. The maximum absolute atomic E-state index is 11.8. The second kappa shape index (κ2) is 4.15. The zero-order chi connectivity index (χ0) is 13.5. The number of cyclic esters (lactones) is 2. The molecule has 0 bridgehead atoms. The third kappa shape index (κ3) is 2.39. The average molecular weight is 256 g/mol. The highest BCUT2D eigenvalue weighted by molar-refractivity contribution is 5.96. The van der Waals surface area contributed by atoms with Crippen LogP contribution in [-0.4, -0.2) is 59.2 Å². The van der Waals surface area contributed by atoms with Crippen molar-refractivity contribution in [1.82, 2.24) is 9.80 Å². The second-order valence-electron chi connectivity index (χ2n) is 5.32. The zero-order valence-electron chi connectivity index (χ0n) is 10.6. The number of carbonyl (C=O) groups is 3. The van der Waals surface area contributed by atoms with E-state index in [2.05, 4.69) is 4.74 Å². The summed E-state index contributed by atoms with van der Waals surface area (Å²) < 4.78 is 9.73. The van der Waals surface area contributed by atoms with Crippen molar-refractivity contribution in [2.24, 2.45) is 0 Å². The molecule has 0 spiro atoms. The fraction of sp³-hybridized carbons (Fsp3) is 0.727. The van der Waals surface area contributed by atoms with Gasteiger partial charge in [-0.3, -0.25) is 4.90 Å². The minimum absolute atomic E-state index is 0.124. The van der Waals surface area contributed by atoms with Crippen molar-refractivity contribution in [3.63, 3.8) is 0 Å². The fourth-order valence-corrected chi connectivity index (χ4v) is 1.91. The Balaban J connectivity index is 2.01. The van der Waals surface area contributed by atoms with E-state index in [1.54, 1.807) is 20.8 Å². The van der Waals surface area contributed by atoms with Crippen molar-refractivity contribution >= 4 is 18.2 Å². The maximum atomic E-state index is 11.8. The number of carbonyl (C=O) groups excluding carboxylic acids is 3. The largest absolute Gasteiger partial charge is 0.444 e. The highest BCUT2D eigenvalue weighted by atomic mass is 16.6. The van der Waals surface area contributed by atoms with Crippen LogP contribution in [0.1, 0.15) is 20.8 Å². The lowest BCUT2D eigenvalue weighted by molar-refractivity contribution is -0.136. The van der Waals surface area contributed by atoms with E-state index >= 15 is 0 Å². The minimum Gasteiger partial charge on any atom is -0.444 e. The van der Waals surface area contributed by atoms with Gasteiger partial charge >= 0.3 is 18.2 Å². The molecule has 0 aromatic carbocycles. The molecule has 1 atom stereocenters. The molecule has 2 amide bonds. The third-order valence-corrected chi connectivity index (χ3v) is 2.73. The molecule has 0 aliphatic carbocycles. The first-order valence-electron chi connectivity index (χ1n) is 5.78.